The van der Waals surface area contributed by atoms with Crippen LogP contribution in [0.3, 0.4) is 0 Å². The third-order valence-corrected chi connectivity index (χ3v) is 4.54. The molecule has 0 saturated carbocycles. The second kappa shape index (κ2) is 5.41. The van der Waals surface area contributed by atoms with Gasteiger partial charge in [-0.25, -0.2) is 0 Å². The molecule has 106 valence electrons. The van der Waals surface area contributed by atoms with Gasteiger partial charge in [0.25, 0.3) is 0 Å². The fourth-order valence-electron chi connectivity index (χ4n) is 3.29. The molecular weight excluding hydrogens is 236 g/mol. The molecule has 0 spiro atoms. The van der Waals surface area contributed by atoms with E-state index in [4.69, 9.17) is 10.5 Å². The van der Waals surface area contributed by atoms with Crippen LogP contribution in [-0.2, 0) is 0 Å². The highest BCUT2D eigenvalue weighted by atomic mass is 16.5. The van der Waals surface area contributed by atoms with E-state index in [9.17, 15) is 0 Å². The Balaban J connectivity index is 2.34. The molecule has 1 unspecified atom stereocenters. The SMILES string of the molecule is COc1ccc(C)cc1N1CCC(CCN)C1(C)C. The number of benzene rings is 1. The quantitative estimate of drug-likeness (QED) is 0.906. The summed E-state index contributed by atoms with van der Waals surface area (Å²) in [7, 11) is 1.74. The van der Waals surface area contributed by atoms with Crippen LogP contribution in [0.2, 0.25) is 0 Å². The lowest BCUT2D eigenvalue weighted by Gasteiger charge is -2.38. The Hall–Kier alpha value is -1.22. The Morgan fingerprint density at radius 1 is 1.42 bits per heavy atom. The summed E-state index contributed by atoms with van der Waals surface area (Å²) in [5.41, 5.74) is 8.38. The molecule has 1 aliphatic heterocycles. The number of nitrogens with zero attached hydrogens (tertiary/aromatic N) is 1. The zero-order valence-corrected chi connectivity index (χ0v) is 12.6. The van der Waals surface area contributed by atoms with Gasteiger partial charge in [0.1, 0.15) is 5.75 Å². The number of aryl methyl sites for hydroxylation is 1. The molecule has 0 amide bonds. The molecule has 1 saturated heterocycles. The molecule has 1 fully saturated rings. The first-order valence-corrected chi connectivity index (χ1v) is 7.13. The van der Waals surface area contributed by atoms with Crippen molar-refractivity contribution in [2.75, 3.05) is 25.1 Å². The molecule has 2 rings (SSSR count). The van der Waals surface area contributed by atoms with E-state index >= 15 is 0 Å². The summed E-state index contributed by atoms with van der Waals surface area (Å²) < 4.78 is 5.53. The molecule has 19 heavy (non-hydrogen) atoms. The average Bonchev–Trinajstić information content (AvgIpc) is 2.65. The highest BCUT2D eigenvalue weighted by molar-refractivity contribution is 5.62. The third kappa shape index (κ3) is 2.57. The van der Waals surface area contributed by atoms with E-state index in [1.807, 2.05) is 0 Å². The van der Waals surface area contributed by atoms with Crippen LogP contribution in [0.15, 0.2) is 18.2 Å². The van der Waals surface area contributed by atoms with Crippen molar-refractivity contribution in [1.82, 2.24) is 0 Å². The summed E-state index contributed by atoms with van der Waals surface area (Å²) in [5, 5.41) is 0. The van der Waals surface area contributed by atoms with E-state index in [0.29, 0.717) is 5.92 Å². The predicted molar refractivity (Wildman–Crippen MR) is 80.9 cm³/mol. The molecule has 0 radical (unpaired) electrons. The van der Waals surface area contributed by atoms with E-state index in [2.05, 4.69) is 43.9 Å². The molecule has 3 nitrogen and oxygen atoms in total. The van der Waals surface area contributed by atoms with Crippen LogP contribution < -0.4 is 15.4 Å². The predicted octanol–water partition coefficient (Wildman–Crippen LogP) is 2.96. The lowest BCUT2D eigenvalue weighted by molar-refractivity contribution is 0.345. The van der Waals surface area contributed by atoms with Crippen LogP contribution in [0, 0.1) is 12.8 Å². The van der Waals surface area contributed by atoms with Crippen molar-refractivity contribution in [3.63, 3.8) is 0 Å². The van der Waals surface area contributed by atoms with Gasteiger partial charge in [0.15, 0.2) is 0 Å². The number of hydrogen-bond donors (Lipinski definition) is 1. The first-order valence-electron chi connectivity index (χ1n) is 7.13. The van der Waals surface area contributed by atoms with Gasteiger partial charge in [-0.3, -0.25) is 0 Å². The van der Waals surface area contributed by atoms with E-state index in [1.165, 1.54) is 17.7 Å². The van der Waals surface area contributed by atoms with Gasteiger partial charge in [-0.2, -0.15) is 0 Å². The monoisotopic (exact) mass is 262 g/mol. The maximum absolute atomic E-state index is 5.75. The molecule has 0 aromatic heterocycles. The Morgan fingerprint density at radius 3 is 2.79 bits per heavy atom. The van der Waals surface area contributed by atoms with Crippen LogP contribution in [-0.4, -0.2) is 25.7 Å². The highest BCUT2D eigenvalue weighted by Gasteiger charge is 2.41. The molecule has 0 aliphatic carbocycles. The van der Waals surface area contributed by atoms with Crippen molar-refractivity contribution in [3.05, 3.63) is 23.8 Å². The molecule has 0 bridgehead atoms. The summed E-state index contributed by atoms with van der Waals surface area (Å²) in [5.74, 6) is 1.62. The van der Waals surface area contributed by atoms with Crippen LogP contribution in [0.5, 0.6) is 5.75 Å². The minimum atomic E-state index is 0.139. The summed E-state index contributed by atoms with van der Waals surface area (Å²) in [6.45, 7) is 8.62. The van der Waals surface area contributed by atoms with Crippen molar-refractivity contribution in [2.24, 2.45) is 11.7 Å². The first-order chi connectivity index (χ1) is 9.00. The second-order valence-electron chi connectivity index (χ2n) is 6.04. The molecule has 2 N–H and O–H groups in total. The number of rotatable bonds is 4. The van der Waals surface area contributed by atoms with Gasteiger partial charge < -0.3 is 15.4 Å². The Bertz CT molecular complexity index is 442. The zero-order chi connectivity index (χ0) is 14.0. The summed E-state index contributed by atoms with van der Waals surface area (Å²) in [4.78, 5) is 2.49. The van der Waals surface area contributed by atoms with Crippen LogP contribution in [0.1, 0.15) is 32.3 Å². The minimum Gasteiger partial charge on any atom is -0.495 e. The average molecular weight is 262 g/mol. The summed E-state index contributed by atoms with van der Waals surface area (Å²) in [6, 6.07) is 6.39. The van der Waals surface area contributed by atoms with E-state index < -0.39 is 0 Å². The number of methoxy groups -OCH3 is 1. The van der Waals surface area contributed by atoms with Crippen LogP contribution >= 0.6 is 0 Å². The lowest BCUT2D eigenvalue weighted by atomic mass is 9.85. The topological polar surface area (TPSA) is 38.5 Å². The summed E-state index contributed by atoms with van der Waals surface area (Å²) >= 11 is 0. The number of ether oxygens (including phenoxy) is 1. The van der Waals surface area contributed by atoms with Crippen molar-refractivity contribution in [1.29, 1.82) is 0 Å². The normalized spacial score (nSPS) is 21.7. The Kier molecular flexibility index (Phi) is 4.04. The molecular formula is C16H26N2O. The van der Waals surface area contributed by atoms with Crippen LogP contribution in [0.25, 0.3) is 0 Å². The van der Waals surface area contributed by atoms with E-state index in [0.717, 1.165) is 25.3 Å². The lowest BCUT2D eigenvalue weighted by Crippen LogP contribution is -2.43. The molecule has 3 heteroatoms. The Morgan fingerprint density at radius 2 is 2.16 bits per heavy atom. The fourth-order valence-corrected chi connectivity index (χ4v) is 3.29. The number of nitrogens with two attached hydrogens (primary N) is 1. The smallest absolute Gasteiger partial charge is 0.142 e. The number of hydrogen-bond acceptors (Lipinski definition) is 3. The Labute approximate surface area is 116 Å². The van der Waals surface area contributed by atoms with Gasteiger partial charge in [-0.1, -0.05) is 6.07 Å². The first kappa shape index (κ1) is 14.2. The van der Waals surface area contributed by atoms with E-state index in [-0.39, 0.29) is 5.54 Å². The number of anilines is 1. The van der Waals surface area contributed by atoms with Crippen LogP contribution in [0.4, 0.5) is 5.69 Å². The largest absolute Gasteiger partial charge is 0.495 e. The fraction of sp³-hybridized carbons (Fsp3) is 0.625. The third-order valence-electron chi connectivity index (χ3n) is 4.54. The zero-order valence-electron chi connectivity index (χ0n) is 12.6. The highest BCUT2D eigenvalue weighted by Crippen LogP contribution is 2.43. The molecule has 1 atom stereocenters. The van der Waals surface area contributed by atoms with Gasteiger partial charge in [-0.15, -0.1) is 0 Å². The van der Waals surface area contributed by atoms with Gasteiger partial charge in [0.2, 0.25) is 0 Å². The standard InChI is InChI=1S/C16H26N2O/c1-12-5-6-15(19-4)14(11-12)18-10-8-13(7-9-17)16(18,2)3/h5-6,11,13H,7-10,17H2,1-4H3. The maximum atomic E-state index is 5.75. The minimum absolute atomic E-state index is 0.139. The van der Waals surface area contributed by atoms with Crippen molar-refractivity contribution in [2.45, 2.75) is 39.2 Å². The molecule has 1 aromatic rings. The second-order valence-corrected chi connectivity index (χ2v) is 6.04. The van der Waals surface area contributed by atoms with Crippen molar-refractivity contribution in [3.8, 4) is 5.75 Å². The molecule has 1 aromatic carbocycles. The van der Waals surface area contributed by atoms with E-state index in [1.54, 1.807) is 7.11 Å². The van der Waals surface area contributed by atoms with Crippen molar-refractivity contribution < 1.29 is 4.74 Å². The molecule has 1 aliphatic rings. The van der Waals surface area contributed by atoms with Gasteiger partial charge in [-0.05, 0) is 63.8 Å². The summed E-state index contributed by atoms with van der Waals surface area (Å²) in [6.07, 6.45) is 2.30. The van der Waals surface area contributed by atoms with Gasteiger partial charge in [0, 0.05) is 12.1 Å². The van der Waals surface area contributed by atoms with Gasteiger partial charge in [0.05, 0.1) is 12.8 Å². The van der Waals surface area contributed by atoms with Gasteiger partial charge >= 0.3 is 0 Å². The maximum Gasteiger partial charge on any atom is 0.142 e. The molecule has 1 heterocycles. The van der Waals surface area contributed by atoms with Crippen molar-refractivity contribution >= 4 is 5.69 Å².